The highest BCUT2D eigenvalue weighted by molar-refractivity contribution is 7.90. The van der Waals surface area contributed by atoms with Gasteiger partial charge in [-0.05, 0) is 60.2 Å². The number of nitrogens with zero attached hydrogens (tertiary/aromatic N) is 3. The lowest BCUT2D eigenvalue weighted by molar-refractivity contribution is 0.0981. The monoisotopic (exact) mass is 595 g/mol. The molecule has 0 saturated carbocycles. The highest BCUT2D eigenvalue weighted by Crippen LogP contribution is 2.22. The van der Waals surface area contributed by atoms with Crippen molar-refractivity contribution in [2.75, 3.05) is 36.0 Å². The SMILES string of the molecule is O=C(NS(=O)(=O)c1ccc(N2CCN(c3ccccc3)CC2)cc1)c1ccc2c(=O)n(Cc3ccccc3)c(=O)[nH]c2c1. The maximum atomic E-state index is 13.0. The van der Waals surface area contributed by atoms with Crippen LogP contribution in [0.4, 0.5) is 11.4 Å². The molecule has 10 nitrogen and oxygen atoms in total. The molecule has 1 aliphatic heterocycles. The minimum absolute atomic E-state index is 0.0140. The van der Waals surface area contributed by atoms with E-state index in [0.29, 0.717) is 0 Å². The van der Waals surface area contributed by atoms with Crippen molar-refractivity contribution in [1.29, 1.82) is 0 Å². The average Bonchev–Trinajstić information content (AvgIpc) is 3.03. The fourth-order valence-electron chi connectivity index (χ4n) is 5.24. The minimum atomic E-state index is -4.17. The molecule has 1 fully saturated rings. The van der Waals surface area contributed by atoms with Crippen LogP contribution in [-0.2, 0) is 16.6 Å². The number of aromatic amines is 1. The molecule has 0 bridgehead atoms. The van der Waals surface area contributed by atoms with Crippen LogP contribution in [0.15, 0.2) is 118 Å². The molecular formula is C32H29N5O5S. The number of hydrogen-bond acceptors (Lipinski definition) is 7. The number of para-hydroxylation sites is 1. The number of carbonyl (C=O) groups excluding carboxylic acids is 1. The Labute approximate surface area is 247 Å². The van der Waals surface area contributed by atoms with Crippen molar-refractivity contribution >= 4 is 38.2 Å². The summed E-state index contributed by atoms with van der Waals surface area (Å²) in [6, 6.07) is 29.8. The second-order valence-electron chi connectivity index (χ2n) is 10.3. The fourth-order valence-corrected chi connectivity index (χ4v) is 6.22. The Morgan fingerprint density at radius 2 is 1.33 bits per heavy atom. The van der Waals surface area contributed by atoms with Crippen LogP contribution in [0.5, 0.6) is 0 Å². The summed E-state index contributed by atoms with van der Waals surface area (Å²) in [6.07, 6.45) is 0. The summed E-state index contributed by atoms with van der Waals surface area (Å²) >= 11 is 0. The zero-order valence-electron chi connectivity index (χ0n) is 23.1. The Morgan fingerprint density at radius 3 is 1.95 bits per heavy atom. The molecule has 0 unspecified atom stereocenters. The van der Waals surface area contributed by atoms with E-state index < -0.39 is 27.2 Å². The topological polar surface area (TPSA) is 125 Å². The van der Waals surface area contributed by atoms with E-state index >= 15 is 0 Å². The standard InChI is InChI=1S/C32H29N5O5S/c38-30(24-11-16-28-29(21-24)33-32(40)37(31(28)39)22-23-7-3-1-4-8-23)34-43(41,42)27-14-12-26(13-15-27)36-19-17-35(18-20-36)25-9-5-2-6-10-25/h1-16,21H,17-20,22H2,(H,33,40)(H,34,38). The molecule has 0 atom stereocenters. The van der Waals surface area contributed by atoms with Gasteiger partial charge >= 0.3 is 5.69 Å². The van der Waals surface area contributed by atoms with E-state index in [1.165, 1.54) is 36.0 Å². The molecule has 4 aromatic carbocycles. The van der Waals surface area contributed by atoms with Gasteiger partial charge < -0.3 is 14.8 Å². The van der Waals surface area contributed by atoms with Crippen LogP contribution in [0.25, 0.3) is 10.9 Å². The number of nitrogens with one attached hydrogen (secondary N) is 2. The Balaban J connectivity index is 1.14. The molecule has 1 aromatic heterocycles. The molecule has 218 valence electrons. The van der Waals surface area contributed by atoms with Crippen molar-refractivity contribution in [2.24, 2.45) is 0 Å². The summed E-state index contributed by atoms with van der Waals surface area (Å²) in [7, 11) is -4.17. The number of rotatable bonds is 7. The Hall–Kier alpha value is -5.16. The van der Waals surface area contributed by atoms with E-state index in [4.69, 9.17) is 0 Å². The first kappa shape index (κ1) is 28.0. The fraction of sp³-hybridized carbons (Fsp3) is 0.156. The van der Waals surface area contributed by atoms with Gasteiger partial charge in [0, 0.05) is 43.1 Å². The molecule has 5 aromatic rings. The molecule has 1 amide bonds. The van der Waals surface area contributed by atoms with Gasteiger partial charge in [-0.1, -0.05) is 48.5 Å². The lowest BCUT2D eigenvalue weighted by atomic mass is 10.1. The van der Waals surface area contributed by atoms with E-state index in [1.807, 2.05) is 48.5 Å². The van der Waals surface area contributed by atoms with Gasteiger partial charge in [0.25, 0.3) is 21.5 Å². The van der Waals surface area contributed by atoms with Crippen LogP contribution in [-0.4, -0.2) is 50.1 Å². The molecule has 43 heavy (non-hydrogen) atoms. The van der Waals surface area contributed by atoms with E-state index in [9.17, 15) is 22.8 Å². The molecule has 0 radical (unpaired) electrons. The number of aromatic nitrogens is 2. The van der Waals surface area contributed by atoms with Gasteiger partial charge in [0.15, 0.2) is 0 Å². The Kier molecular flexibility index (Phi) is 7.56. The van der Waals surface area contributed by atoms with Crippen LogP contribution in [0.3, 0.4) is 0 Å². The molecule has 1 saturated heterocycles. The number of sulfonamides is 1. The lowest BCUT2D eigenvalue weighted by Crippen LogP contribution is -2.46. The third kappa shape index (κ3) is 5.93. The Morgan fingerprint density at radius 1 is 0.744 bits per heavy atom. The molecule has 2 heterocycles. The first-order valence-corrected chi connectivity index (χ1v) is 15.3. The first-order valence-electron chi connectivity index (χ1n) is 13.8. The van der Waals surface area contributed by atoms with E-state index in [-0.39, 0.29) is 27.9 Å². The summed E-state index contributed by atoms with van der Waals surface area (Å²) in [4.78, 5) is 45.7. The highest BCUT2D eigenvalue weighted by atomic mass is 32.2. The summed E-state index contributed by atoms with van der Waals surface area (Å²) in [5.41, 5.74) is 1.85. The molecule has 1 aliphatic rings. The minimum Gasteiger partial charge on any atom is -0.368 e. The molecule has 0 spiro atoms. The van der Waals surface area contributed by atoms with Crippen molar-refractivity contribution in [1.82, 2.24) is 14.3 Å². The zero-order chi connectivity index (χ0) is 30.0. The second kappa shape index (κ2) is 11.6. The predicted octanol–water partition coefficient (Wildman–Crippen LogP) is 3.18. The lowest BCUT2D eigenvalue weighted by Gasteiger charge is -2.37. The largest absolute Gasteiger partial charge is 0.368 e. The maximum Gasteiger partial charge on any atom is 0.329 e. The maximum absolute atomic E-state index is 13.0. The number of H-pyrrole nitrogens is 1. The van der Waals surface area contributed by atoms with Gasteiger partial charge in [0.1, 0.15) is 0 Å². The van der Waals surface area contributed by atoms with Crippen LogP contribution in [0, 0.1) is 0 Å². The normalized spacial score (nSPS) is 13.7. The van der Waals surface area contributed by atoms with Crippen LogP contribution < -0.4 is 25.8 Å². The van der Waals surface area contributed by atoms with Gasteiger partial charge in [-0.15, -0.1) is 0 Å². The van der Waals surface area contributed by atoms with Crippen molar-refractivity contribution in [2.45, 2.75) is 11.4 Å². The number of amides is 1. The van der Waals surface area contributed by atoms with E-state index in [1.54, 1.807) is 12.1 Å². The smallest absolute Gasteiger partial charge is 0.329 e. The summed E-state index contributed by atoms with van der Waals surface area (Å²) in [6.45, 7) is 3.36. The molecule has 0 aliphatic carbocycles. The summed E-state index contributed by atoms with van der Waals surface area (Å²) in [5, 5.41) is 0.204. The van der Waals surface area contributed by atoms with Gasteiger partial charge in [-0.3, -0.25) is 14.2 Å². The van der Waals surface area contributed by atoms with E-state index in [0.717, 1.165) is 42.0 Å². The number of piperazine rings is 1. The molecule has 6 rings (SSSR count). The van der Waals surface area contributed by atoms with Gasteiger partial charge in [0.2, 0.25) is 0 Å². The van der Waals surface area contributed by atoms with Crippen LogP contribution in [0.2, 0.25) is 0 Å². The predicted molar refractivity (Wildman–Crippen MR) is 166 cm³/mol. The summed E-state index contributed by atoms with van der Waals surface area (Å²) in [5.74, 6) is -0.877. The average molecular weight is 596 g/mol. The van der Waals surface area contributed by atoms with Gasteiger partial charge in [-0.25, -0.2) is 17.9 Å². The summed E-state index contributed by atoms with van der Waals surface area (Å²) < 4.78 is 29.2. The van der Waals surface area contributed by atoms with Gasteiger partial charge in [-0.2, -0.15) is 0 Å². The highest BCUT2D eigenvalue weighted by Gasteiger charge is 2.22. The number of hydrogen-bond donors (Lipinski definition) is 2. The molecule has 2 N–H and O–H groups in total. The number of anilines is 2. The third-order valence-corrected chi connectivity index (χ3v) is 8.91. The van der Waals surface area contributed by atoms with Crippen LogP contribution in [0.1, 0.15) is 15.9 Å². The zero-order valence-corrected chi connectivity index (χ0v) is 24.0. The third-order valence-electron chi connectivity index (χ3n) is 7.57. The van der Waals surface area contributed by atoms with Crippen molar-refractivity contribution in [3.63, 3.8) is 0 Å². The van der Waals surface area contributed by atoms with E-state index in [2.05, 4.69) is 31.6 Å². The van der Waals surface area contributed by atoms with Crippen molar-refractivity contribution < 1.29 is 13.2 Å². The quantitative estimate of drug-likeness (QED) is 0.296. The number of carbonyl (C=O) groups is 1. The van der Waals surface area contributed by atoms with Gasteiger partial charge in [0.05, 0.1) is 22.3 Å². The number of benzene rings is 4. The molecule has 11 heteroatoms. The van der Waals surface area contributed by atoms with Crippen molar-refractivity contribution in [3.8, 4) is 0 Å². The van der Waals surface area contributed by atoms with Crippen molar-refractivity contribution in [3.05, 3.63) is 135 Å². The second-order valence-corrected chi connectivity index (χ2v) is 12.0. The first-order chi connectivity index (χ1) is 20.8. The Bertz CT molecular complexity index is 2000. The number of fused-ring (bicyclic) bond motifs is 1. The molecular weight excluding hydrogens is 566 g/mol. The van der Waals surface area contributed by atoms with Crippen LogP contribution >= 0.6 is 0 Å².